The van der Waals surface area contributed by atoms with Crippen molar-refractivity contribution in [2.75, 3.05) is 6.61 Å². The first-order valence-electron chi connectivity index (χ1n) is 6.44. The van der Waals surface area contributed by atoms with E-state index in [2.05, 4.69) is 23.4 Å². The fraction of sp³-hybridized carbons (Fsp3) is 0.429. The molecule has 1 unspecified atom stereocenters. The summed E-state index contributed by atoms with van der Waals surface area (Å²) in [6, 6.07) is 7.72. The van der Waals surface area contributed by atoms with Crippen molar-refractivity contribution >= 4 is 11.5 Å². The maximum absolute atomic E-state index is 6.31. The molecule has 0 aliphatic carbocycles. The van der Waals surface area contributed by atoms with E-state index in [9.17, 15) is 0 Å². The largest absolute Gasteiger partial charge is 0.494 e. The summed E-state index contributed by atoms with van der Waals surface area (Å²) in [6.07, 6.45) is 0. The Morgan fingerprint density at radius 2 is 1.95 bits per heavy atom. The van der Waals surface area contributed by atoms with Crippen molar-refractivity contribution in [3.05, 3.63) is 40.4 Å². The molecule has 1 aromatic carbocycles. The van der Waals surface area contributed by atoms with Crippen LogP contribution in [0, 0.1) is 0 Å². The van der Waals surface area contributed by atoms with Crippen LogP contribution in [0.15, 0.2) is 24.3 Å². The highest BCUT2D eigenvalue weighted by atomic mass is 32.1. The van der Waals surface area contributed by atoms with Gasteiger partial charge in [0.25, 0.3) is 0 Å². The van der Waals surface area contributed by atoms with Crippen LogP contribution in [0.3, 0.4) is 0 Å². The molecule has 1 aromatic heterocycles. The van der Waals surface area contributed by atoms with Crippen molar-refractivity contribution in [2.45, 2.75) is 32.7 Å². The number of ether oxygens (including phenoxy) is 1. The van der Waals surface area contributed by atoms with E-state index in [-0.39, 0.29) is 6.04 Å². The number of nitrogens with two attached hydrogens (primary N) is 1. The van der Waals surface area contributed by atoms with Gasteiger partial charge in [0.2, 0.25) is 0 Å². The lowest BCUT2D eigenvalue weighted by Crippen LogP contribution is -2.13. The maximum atomic E-state index is 6.31. The van der Waals surface area contributed by atoms with Gasteiger partial charge in [0.05, 0.1) is 23.2 Å². The van der Waals surface area contributed by atoms with Crippen molar-refractivity contribution in [3.63, 3.8) is 0 Å². The molecule has 0 amide bonds. The summed E-state index contributed by atoms with van der Waals surface area (Å²) >= 11 is 1.38. The van der Waals surface area contributed by atoms with Crippen LogP contribution in [0.5, 0.6) is 5.75 Å². The summed E-state index contributed by atoms with van der Waals surface area (Å²) in [7, 11) is 0. The van der Waals surface area contributed by atoms with E-state index >= 15 is 0 Å². The van der Waals surface area contributed by atoms with Crippen LogP contribution in [0.4, 0.5) is 0 Å². The first kappa shape index (κ1) is 14.0. The predicted octanol–water partition coefficient (Wildman–Crippen LogP) is 3.11. The molecule has 0 fully saturated rings. The van der Waals surface area contributed by atoms with Gasteiger partial charge in [-0.3, -0.25) is 0 Å². The molecule has 2 N–H and O–H groups in total. The summed E-state index contributed by atoms with van der Waals surface area (Å²) in [6.45, 7) is 6.84. The van der Waals surface area contributed by atoms with Gasteiger partial charge in [0, 0.05) is 0 Å². The molecule has 5 heteroatoms. The summed E-state index contributed by atoms with van der Waals surface area (Å²) in [5.41, 5.74) is 8.36. The molecule has 0 saturated carbocycles. The monoisotopic (exact) mass is 277 g/mol. The van der Waals surface area contributed by atoms with Crippen LogP contribution in [-0.2, 0) is 0 Å². The number of benzene rings is 1. The zero-order valence-corrected chi connectivity index (χ0v) is 12.3. The van der Waals surface area contributed by atoms with Gasteiger partial charge in [0.1, 0.15) is 5.75 Å². The standard InChI is InChI=1S/C14H19N3OS/c1-4-18-11-7-5-10(6-8-11)12(15)14-13(9(2)3)16-17-19-14/h5-9,12H,4,15H2,1-3H3. The molecular formula is C14H19N3OS. The molecule has 2 rings (SSSR count). The third-order valence-corrected chi connectivity index (χ3v) is 3.74. The maximum Gasteiger partial charge on any atom is 0.119 e. The lowest BCUT2D eigenvalue weighted by molar-refractivity contribution is 0.340. The average Bonchev–Trinajstić information content (AvgIpc) is 2.88. The lowest BCUT2D eigenvalue weighted by Gasteiger charge is -2.13. The highest BCUT2D eigenvalue weighted by Gasteiger charge is 2.19. The molecule has 0 radical (unpaired) electrons. The highest BCUT2D eigenvalue weighted by Crippen LogP contribution is 2.29. The molecule has 1 atom stereocenters. The Hall–Kier alpha value is -1.46. The summed E-state index contributed by atoms with van der Waals surface area (Å²) < 4.78 is 9.45. The molecular weight excluding hydrogens is 258 g/mol. The van der Waals surface area contributed by atoms with Gasteiger partial charge in [-0.1, -0.05) is 30.5 Å². The van der Waals surface area contributed by atoms with E-state index in [0.717, 1.165) is 21.9 Å². The van der Waals surface area contributed by atoms with Gasteiger partial charge in [-0.15, -0.1) is 5.10 Å². The first-order valence-corrected chi connectivity index (χ1v) is 7.21. The number of rotatable bonds is 5. The van der Waals surface area contributed by atoms with E-state index in [4.69, 9.17) is 10.5 Å². The number of hydrogen-bond acceptors (Lipinski definition) is 5. The number of hydrogen-bond donors (Lipinski definition) is 1. The number of nitrogens with zero attached hydrogens (tertiary/aromatic N) is 2. The van der Waals surface area contributed by atoms with Gasteiger partial charge in [-0.05, 0) is 42.1 Å². The second kappa shape index (κ2) is 6.12. The lowest BCUT2D eigenvalue weighted by atomic mass is 10.0. The summed E-state index contributed by atoms with van der Waals surface area (Å²) in [5, 5.41) is 4.17. The fourth-order valence-corrected chi connectivity index (χ4v) is 2.75. The van der Waals surface area contributed by atoms with Crippen LogP contribution in [0.1, 0.15) is 48.9 Å². The average molecular weight is 277 g/mol. The Morgan fingerprint density at radius 1 is 1.26 bits per heavy atom. The van der Waals surface area contributed by atoms with Gasteiger partial charge < -0.3 is 10.5 Å². The Morgan fingerprint density at radius 3 is 2.53 bits per heavy atom. The van der Waals surface area contributed by atoms with Crippen LogP contribution >= 0.6 is 11.5 Å². The van der Waals surface area contributed by atoms with Crippen molar-refractivity contribution in [1.29, 1.82) is 0 Å². The van der Waals surface area contributed by atoms with Crippen molar-refractivity contribution in [2.24, 2.45) is 5.73 Å². The smallest absolute Gasteiger partial charge is 0.119 e. The van der Waals surface area contributed by atoms with Crippen LogP contribution < -0.4 is 10.5 Å². The molecule has 0 saturated heterocycles. The van der Waals surface area contributed by atoms with Gasteiger partial charge in [-0.2, -0.15) is 0 Å². The molecule has 0 spiro atoms. The SMILES string of the molecule is CCOc1ccc(C(N)c2snnc2C(C)C)cc1. The third-order valence-electron chi connectivity index (χ3n) is 2.92. The van der Waals surface area contributed by atoms with Gasteiger partial charge >= 0.3 is 0 Å². The minimum Gasteiger partial charge on any atom is -0.494 e. The van der Waals surface area contributed by atoms with Crippen LogP contribution in [-0.4, -0.2) is 16.2 Å². The normalized spacial score (nSPS) is 12.7. The summed E-state index contributed by atoms with van der Waals surface area (Å²) in [5.74, 6) is 1.20. The molecule has 0 aliphatic rings. The van der Waals surface area contributed by atoms with E-state index in [0.29, 0.717) is 12.5 Å². The first-order chi connectivity index (χ1) is 9.13. The predicted molar refractivity (Wildman–Crippen MR) is 77.6 cm³/mol. The zero-order chi connectivity index (χ0) is 13.8. The topological polar surface area (TPSA) is 61.0 Å². The van der Waals surface area contributed by atoms with E-state index in [1.165, 1.54) is 11.5 Å². The number of aromatic nitrogens is 2. The van der Waals surface area contributed by atoms with Crippen molar-refractivity contribution < 1.29 is 4.74 Å². The zero-order valence-electron chi connectivity index (χ0n) is 11.5. The minimum atomic E-state index is -0.173. The third kappa shape index (κ3) is 3.11. The molecule has 19 heavy (non-hydrogen) atoms. The van der Waals surface area contributed by atoms with E-state index < -0.39 is 0 Å². The van der Waals surface area contributed by atoms with Crippen LogP contribution in [0.2, 0.25) is 0 Å². The van der Waals surface area contributed by atoms with E-state index in [1.807, 2.05) is 31.2 Å². The fourth-order valence-electron chi connectivity index (χ4n) is 1.91. The minimum absolute atomic E-state index is 0.173. The second-order valence-electron chi connectivity index (χ2n) is 4.66. The Balaban J connectivity index is 2.23. The second-order valence-corrected chi connectivity index (χ2v) is 5.44. The molecule has 0 aliphatic heterocycles. The highest BCUT2D eigenvalue weighted by molar-refractivity contribution is 7.05. The molecule has 102 valence electrons. The molecule has 1 heterocycles. The Kier molecular flexibility index (Phi) is 4.50. The van der Waals surface area contributed by atoms with Crippen molar-refractivity contribution in [3.8, 4) is 5.75 Å². The quantitative estimate of drug-likeness (QED) is 0.912. The van der Waals surface area contributed by atoms with Gasteiger partial charge in [-0.25, -0.2) is 0 Å². The Labute approximate surface area is 117 Å². The molecule has 0 bridgehead atoms. The van der Waals surface area contributed by atoms with Gasteiger partial charge in [0.15, 0.2) is 0 Å². The molecule has 4 nitrogen and oxygen atoms in total. The van der Waals surface area contributed by atoms with E-state index in [1.54, 1.807) is 0 Å². The van der Waals surface area contributed by atoms with Crippen molar-refractivity contribution in [1.82, 2.24) is 9.59 Å². The molecule has 2 aromatic rings. The Bertz CT molecular complexity index is 522. The van der Waals surface area contributed by atoms with Crippen LogP contribution in [0.25, 0.3) is 0 Å². The summed E-state index contributed by atoms with van der Waals surface area (Å²) in [4.78, 5) is 1.04.